The van der Waals surface area contributed by atoms with Gasteiger partial charge in [0.1, 0.15) is 4.21 Å². The molecule has 1 fully saturated rings. The van der Waals surface area contributed by atoms with E-state index in [1.807, 2.05) is 0 Å². The lowest BCUT2D eigenvalue weighted by atomic mass is 10.4. The van der Waals surface area contributed by atoms with Crippen LogP contribution in [0.25, 0.3) is 0 Å². The van der Waals surface area contributed by atoms with Gasteiger partial charge in [-0.15, -0.1) is 11.3 Å². The van der Waals surface area contributed by atoms with Crippen LogP contribution in [0.3, 0.4) is 0 Å². The molecular weight excluding hydrogens is 286 g/mol. The van der Waals surface area contributed by atoms with E-state index in [2.05, 4.69) is 15.9 Å². The monoisotopic (exact) mass is 295 g/mol. The molecule has 14 heavy (non-hydrogen) atoms. The third kappa shape index (κ3) is 1.76. The second-order valence-corrected chi connectivity index (χ2v) is 7.07. The van der Waals surface area contributed by atoms with Crippen LogP contribution in [-0.2, 0) is 10.0 Å². The zero-order valence-corrected chi connectivity index (χ0v) is 10.7. The van der Waals surface area contributed by atoms with Gasteiger partial charge in [0.05, 0.1) is 0 Å². The van der Waals surface area contributed by atoms with Crippen molar-refractivity contribution in [1.29, 1.82) is 0 Å². The maximum absolute atomic E-state index is 12.0. The number of hydrogen-bond donors (Lipinski definition) is 0. The number of hydrogen-bond acceptors (Lipinski definition) is 3. The lowest BCUT2D eigenvalue weighted by molar-refractivity contribution is 0.479. The molecule has 1 aliphatic rings. The summed E-state index contributed by atoms with van der Waals surface area (Å²) in [6.45, 7) is 1.32. The minimum Gasteiger partial charge on any atom is -0.206 e. The van der Waals surface area contributed by atoms with Crippen LogP contribution in [0, 0.1) is 0 Å². The minimum absolute atomic E-state index is 0.430. The molecule has 0 atom stereocenters. The Morgan fingerprint density at radius 1 is 1.36 bits per heavy atom. The maximum Gasteiger partial charge on any atom is 0.253 e. The number of sulfonamides is 1. The van der Waals surface area contributed by atoms with Crippen LogP contribution >= 0.6 is 27.3 Å². The minimum atomic E-state index is -3.22. The highest BCUT2D eigenvalue weighted by atomic mass is 79.9. The molecule has 3 nitrogen and oxygen atoms in total. The van der Waals surface area contributed by atoms with E-state index in [-0.39, 0.29) is 0 Å². The molecule has 1 aromatic rings. The Morgan fingerprint density at radius 2 is 2.00 bits per heavy atom. The molecule has 1 aromatic heterocycles. The van der Waals surface area contributed by atoms with Crippen molar-refractivity contribution >= 4 is 37.3 Å². The normalized spacial score (nSPS) is 18.9. The molecule has 0 amide bonds. The maximum atomic E-state index is 12.0. The summed E-state index contributed by atoms with van der Waals surface area (Å²) in [5.74, 6) is 0. The van der Waals surface area contributed by atoms with Crippen molar-refractivity contribution in [2.24, 2.45) is 0 Å². The van der Waals surface area contributed by atoms with Crippen molar-refractivity contribution in [2.75, 3.05) is 13.1 Å². The summed E-state index contributed by atoms with van der Waals surface area (Å²) >= 11 is 4.52. The summed E-state index contributed by atoms with van der Waals surface area (Å²) in [6, 6.07) is 1.77. The van der Waals surface area contributed by atoms with Gasteiger partial charge in [0, 0.05) is 17.6 Å². The Balaban J connectivity index is 2.37. The van der Waals surface area contributed by atoms with Crippen LogP contribution in [0.5, 0.6) is 0 Å². The van der Waals surface area contributed by atoms with Crippen LogP contribution in [0.15, 0.2) is 20.1 Å². The molecule has 0 bridgehead atoms. The lowest BCUT2D eigenvalue weighted by Gasteiger charge is -2.13. The SMILES string of the molecule is O=S(=O)(c1sccc1Br)N1CCCC1. The highest BCUT2D eigenvalue weighted by Crippen LogP contribution is 2.31. The van der Waals surface area contributed by atoms with E-state index in [1.54, 1.807) is 15.8 Å². The molecule has 2 heterocycles. The molecule has 0 radical (unpaired) electrons. The summed E-state index contributed by atoms with van der Waals surface area (Å²) in [6.07, 6.45) is 1.95. The zero-order chi connectivity index (χ0) is 10.2. The third-order valence-corrected chi connectivity index (χ3v) is 6.77. The molecule has 0 spiro atoms. The van der Waals surface area contributed by atoms with E-state index in [1.165, 1.54) is 11.3 Å². The standard InChI is InChI=1S/C8H10BrNO2S2/c9-7-3-6-13-8(7)14(11,12)10-4-1-2-5-10/h3,6H,1-2,4-5H2. The fraction of sp³-hybridized carbons (Fsp3) is 0.500. The van der Waals surface area contributed by atoms with Gasteiger partial charge in [0.2, 0.25) is 0 Å². The Kier molecular flexibility index (Phi) is 2.97. The molecular formula is C8H10BrNO2S2. The number of halogens is 1. The highest BCUT2D eigenvalue weighted by molar-refractivity contribution is 9.10. The van der Waals surface area contributed by atoms with Gasteiger partial charge in [-0.2, -0.15) is 4.31 Å². The average molecular weight is 296 g/mol. The molecule has 1 saturated heterocycles. The van der Waals surface area contributed by atoms with Gasteiger partial charge in [-0.1, -0.05) is 0 Å². The second kappa shape index (κ2) is 3.92. The van der Waals surface area contributed by atoms with Gasteiger partial charge in [-0.05, 0) is 40.2 Å². The van der Waals surface area contributed by atoms with Gasteiger partial charge < -0.3 is 0 Å². The molecule has 0 unspecified atom stereocenters. The van der Waals surface area contributed by atoms with Gasteiger partial charge in [0.25, 0.3) is 10.0 Å². The highest BCUT2D eigenvalue weighted by Gasteiger charge is 2.29. The molecule has 2 rings (SSSR count). The van der Waals surface area contributed by atoms with Crippen LogP contribution in [0.1, 0.15) is 12.8 Å². The van der Waals surface area contributed by atoms with Crippen molar-refractivity contribution in [1.82, 2.24) is 4.31 Å². The van der Waals surface area contributed by atoms with E-state index >= 15 is 0 Å². The van der Waals surface area contributed by atoms with Crippen molar-refractivity contribution < 1.29 is 8.42 Å². The first-order valence-electron chi connectivity index (χ1n) is 4.35. The number of rotatable bonds is 2. The van der Waals surface area contributed by atoms with Crippen LogP contribution < -0.4 is 0 Å². The summed E-state index contributed by atoms with van der Waals surface area (Å²) in [5, 5.41) is 1.78. The number of nitrogens with zero attached hydrogens (tertiary/aromatic N) is 1. The van der Waals surface area contributed by atoms with Crippen LogP contribution in [-0.4, -0.2) is 25.8 Å². The Labute approximate surface area is 95.9 Å². The summed E-state index contributed by atoms with van der Waals surface area (Å²) in [7, 11) is -3.22. The third-order valence-electron chi connectivity index (χ3n) is 2.22. The average Bonchev–Trinajstić information content (AvgIpc) is 2.72. The van der Waals surface area contributed by atoms with E-state index < -0.39 is 10.0 Å². The van der Waals surface area contributed by atoms with Crippen molar-refractivity contribution in [3.05, 3.63) is 15.9 Å². The smallest absolute Gasteiger partial charge is 0.206 e. The summed E-state index contributed by atoms with van der Waals surface area (Å²) in [4.78, 5) is 0. The Morgan fingerprint density at radius 3 is 2.50 bits per heavy atom. The predicted molar refractivity (Wildman–Crippen MR) is 60.0 cm³/mol. The van der Waals surface area contributed by atoms with Gasteiger partial charge in [-0.25, -0.2) is 8.42 Å². The van der Waals surface area contributed by atoms with Crippen LogP contribution in [0.4, 0.5) is 0 Å². The first-order chi connectivity index (χ1) is 6.62. The molecule has 0 aliphatic carbocycles. The van der Waals surface area contributed by atoms with E-state index in [0.717, 1.165) is 12.8 Å². The summed E-state index contributed by atoms with van der Waals surface area (Å²) < 4.78 is 26.7. The Bertz CT molecular complexity index is 420. The molecule has 6 heteroatoms. The molecule has 0 aromatic carbocycles. The number of thiophene rings is 1. The first-order valence-corrected chi connectivity index (χ1v) is 7.47. The van der Waals surface area contributed by atoms with E-state index in [4.69, 9.17) is 0 Å². The molecule has 1 aliphatic heterocycles. The van der Waals surface area contributed by atoms with Crippen molar-refractivity contribution in [3.63, 3.8) is 0 Å². The predicted octanol–water partition coefficient (Wildman–Crippen LogP) is 2.30. The molecule has 0 saturated carbocycles. The van der Waals surface area contributed by atoms with E-state index in [9.17, 15) is 8.42 Å². The zero-order valence-electron chi connectivity index (χ0n) is 7.44. The van der Waals surface area contributed by atoms with Crippen molar-refractivity contribution in [3.8, 4) is 0 Å². The largest absolute Gasteiger partial charge is 0.253 e. The van der Waals surface area contributed by atoms with Crippen molar-refractivity contribution in [2.45, 2.75) is 17.1 Å². The summed E-state index contributed by atoms with van der Waals surface area (Å²) in [5.41, 5.74) is 0. The second-order valence-electron chi connectivity index (χ2n) is 3.17. The first kappa shape index (κ1) is 10.6. The fourth-order valence-corrected chi connectivity index (χ4v) is 5.48. The fourth-order valence-electron chi connectivity index (χ4n) is 1.51. The Hall–Kier alpha value is 0.0900. The molecule has 78 valence electrons. The molecule has 0 N–H and O–H groups in total. The van der Waals surface area contributed by atoms with Gasteiger partial charge >= 0.3 is 0 Å². The van der Waals surface area contributed by atoms with Crippen LogP contribution in [0.2, 0.25) is 0 Å². The topological polar surface area (TPSA) is 37.4 Å². The van der Waals surface area contributed by atoms with Gasteiger partial charge in [-0.3, -0.25) is 0 Å². The lowest BCUT2D eigenvalue weighted by Crippen LogP contribution is -2.27. The van der Waals surface area contributed by atoms with E-state index in [0.29, 0.717) is 21.8 Å². The quantitative estimate of drug-likeness (QED) is 0.839. The van der Waals surface area contributed by atoms with Gasteiger partial charge in [0.15, 0.2) is 0 Å².